The first-order valence-electron chi connectivity index (χ1n) is 13.8. The molecular weight excluding hydrogens is 532 g/mol. The molecule has 0 radical (unpaired) electrons. The van der Waals surface area contributed by atoms with Crippen molar-refractivity contribution in [3.63, 3.8) is 0 Å². The van der Waals surface area contributed by atoms with Crippen molar-refractivity contribution in [3.8, 4) is 0 Å². The van der Waals surface area contributed by atoms with Crippen molar-refractivity contribution in [2.45, 2.75) is 58.0 Å². The van der Waals surface area contributed by atoms with Gasteiger partial charge in [0.2, 0.25) is 0 Å². The normalized spacial score (nSPS) is 19.3. The molecule has 11 heteroatoms. The number of carbonyl (C=O) groups is 2. The smallest absolute Gasteiger partial charge is 0.388 e. The molecule has 1 spiro atoms. The SMILES string of the molecule is Cc1cccc(C(C)(C)C)c1NC(=O)ON1CCC2(CC1)CC(C(=O)N1CCN(c3ncccc3Cl)CC1)=NO2. The number of halogens is 1. The lowest BCUT2D eigenvalue weighted by Gasteiger charge is -2.36. The number of hydrogen-bond donors (Lipinski definition) is 1. The molecule has 2 fully saturated rings. The van der Waals surface area contributed by atoms with Gasteiger partial charge in [-0.1, -0.05) is 55.7 Å². The number of piperidine rings is 1. The number of hydrogen-bond acceptors (Lipinski definition) is 8. The first-order valence-corrected chi connectivity index (χ1v) is 14.2. The highest BCUT2D eigenvalue weighted by molar-refractivity contribution is 6.39. The molecule has 2 aromatic rings. The number of amides is 2. The van der Waals surface area contributed by atoms with E-state index in [-0.39, 0.29) is 11.3 Å². The van der Waals surface area contributed by atoms with Crippen LogP contribution in [-0.2, 0) is 19.9 Å². The zero-order valence-electron chi connectivity index (χ0n) is 23.6. The molecule has 0 unspecified atom stereocenters. The minimum atomic E-state index is -0.542. The van der Waals surface area contributed by atoms with E-state index in [1.807, 2.05) is 36.1 Å². The summed E-state index contributed by atoms with van der Waals surface area (Å²) >= 11 is 6.29. The Morgan fingerprint density at radius 3 is 2.45 bits per heavy atom. The highest BCUT2D eigenvalue weighted by Crippen LogP contribution is 2.36. The third kappa shape index (κ3) is 6.02. The second-order valence-electron chi connectivity index (χ2n) is 11.8. The number of nitrogens with one attached hydrogen (secondary N) is 1. The van der Waals surface area contributed by atoms with E-state index < -0.39 is 11.7 Å². The number of hydroxylamine groups is 2. The second-order valence-corrected chi connectivity index (χ2v) is 12.2. The Kier molecular flexibility index (Phi) is 7.92. The van der Waals surface area contributed by atoms with Crippen LogP contribution >= 0.6 is 11.6 Å². The van der Waals surface area contributed by atoms with Gasteiger partial charge in [-0.2, -0.15) is 0 Å². The van der Waals surface area contributed by atoms with Crippen molar-refractivity contribution in [1.29, 1.82) is 0 Å². The van der Waals surface area contributed by atoms with Crippen LogP contribution in [0.5, 0.6) is 0 Å². The monoisotopic (exact) mass is 568 g/mol. The minimum Gasteiger partial charge on any atom is -0.388 e. The molecule has 0 atom stereocenters. The maximum Gasteiger partial charge on any atom is 0.430 e. The van der Waals surface area contributed by atoms with Crippen LogP contribution < -0.4 is 10.2 Å². The number of para-hydroxylation sites is 1. The number of oxime groups is 1. The van der Waals surface area contributed by atoms with E-state index in [0.717, 1.165) is 22.6 Å². The summed E-state index contributed by atoms with van der Waals surface area (Å²) in [4.78, 5) is 45.8. The van der Waals surface area contributed by atoms with Gasteiger partial charge in [0.15, 0.2) is 0 Å². The van der Waals surface area contributed by atoms with E-state index in [0.29, 0.717) is 69.3 Å². The number of rotatable bonds is 4. The Morgan fingerprint density at radius 1 is 1.05 bits per heavy atom. The molecule has 1 aromatic heterocycles. The summed E-state index contributed by atoms with van der Waals surface area (Å²) < 4.78 is 0. The van der Waals surface area contributed by atoms with Gasteiger partial charge in [-0.3, -0.25) is 10.1 Å². The first kappa shape index (κ1) is 28.2. The van der Waals surface area contributed by atoms with Gasteiger partial charge in [-0.15, -0.1) is 5.06 Å². The summed E-state index contributed by atoms with van der Waals surface area (Å²) in [6, 6.07) is 9.62. The maximum atomic E-state index is 13.2. The number of aromatic nitrogens is 1. The number of piperazine rings is 1. The Bertz CT molecular complexity index is 1290. The van der Waals surface area contributed by atoms with Gasteiger partial charge in [0, 0.05) is 64.7 Å². The Morgan fingerprint density at radius 2 is 1.77 bits per heavy atom. The summed E-state index contributed by atoms with van der Waals surface area (Å²) in [5, 5.41) is 9.41. The molecule has 0 saturated carbocycles. The fourth-order valence-electron chi connectivity index (χ4n) is 5.50. The highest BCUT2D eigenvalue weighted by Gasteiger charge is 2.45. The maximum absolute atomic E-state index is 13.2. The molecule has 1 N–H and O–H groups in total. The van der Waals surface area contributed by atoms with Crippen LogP contribution in [-0.4, -0.2) is 77.5 Å². The molecule has 3 aliphatic heterocycles. The van der Waals surface area contributed by atoms with Crippen molar-refractivity contribution in [1.82, 2.24) is 14.9 Å². The molecule has 2 amide bonds. The average Bonchev–Trinajstić information content (AvgIpc) is 3.34. The lowest BCUT2D eigenvalue weighted by Crippen LogP contribution is -2.51. The molecule has 10 nitrogen and oxygen atoms in total. The molecule has 1 aromatic carbocycles. The number of pyridine rings is 1. The molecule has 0 aliphatic carbocycles. The third-order valence-electron chi connectivity index (χ3n) is 7.84. The van der Waals surface area contributed by atoms with Crippen LogP contribution in [0.3, 0.4) is 0 Å². The van der Waals surface area contributed by atoms with E-state index in [1.54, 1.807) is 17.3 Å². The molecule has 3 aliphatic rings. The van der Waals surface area contributed by atoms with Crippen LogP contribution in [0.25, 0.3) is 0 Å². The van der Waals surface area contributed by atoms with E-state index in [4.69, 9.17) is 21.3 Å². The second kappa shape index (κ2) is 11.2. The Balaban J connectivity index is 1.10. The first-order chi connectivity index (χ1) is 19.0. The highest BCUT2D eigenvalue weighted by atomic mass is 35.5. The number of carbonyl (C=O) groups excluding carboxylic acids is 2. The van der Waals surface area contributed by atoms with Gasteiger partial charge in [-0.05, 0) is 35.6 Å². The summed E-state index contributed by atoms with van der Waals surface area (Å²) in [5.74, 6) is 0.655. The molecule has 5 rings (SSSR count). The van der Waals surface area contributed by atoms with Crippen LogP contribution in [0.2, 0.25) is 5.02 Å². The number of anilines is 2. The summed E-state index contributed by atoms with van der Waals surface area (Å²) in [6.45, 7) is 11.7. The standard InChI is InChI=1S/C29H37ClN6O4/c1-20-7-5-8-21(28(2,3)4)24(20)32-27(38)39-36-13-10-29(11-14-36)19-23(33-40-29)26(37)35-17-15-34(16-18-35)25-22(30)9-6-12-31-25/h5-9,12H,10-11,13-19H2,1-4H3,(H,32,38). The molecule has 4 heterocycles. The predicted molar refractivity (Wildman–Crippen MR) is 155 cm³/mol. The van der Waals surface area contributed by atoms with Crippen molar-refractivity contribution in [2.24, 2.45) is 5.16 Å². The molecule has 0 bridgehead atoms. The fraction of sp³-hybridized carbons (Fsp3) is 0.517. The zero-order chi connectivity index (χ0) is 28.5. The summed E-state index contributed by atoms with van der Waals surface area (Å²) in [6.07, 6.45) is 2.87. The van der Waals surface area contributed by atoms with Gasteiger partial charge >= 0.3 is 6.09 Å². The van der Waals surface area contributed by atoms with Crippen LogP contribution in [0.4, 0.5) is 16.3 Å². The van der Waals surface area contributed by atoms with Crippen LogP contribution in [0, 0.1) is 6.92 Å². The number of nitrogens with zero attached hydrogens (tertiary/aromatic N) is 5. The molecule has 40 heavy (non-hydrogen) atoms. The van der Waals surface area contributed by atoms with E-state index in [1.165, 1.54) is 0 Å². The third-order valence-corrected chi connectivity index (χ3v) is 8.14. The van der Waals surface area contributed by atoms with E-state index in [2.05, 4.69) is 41.1 Å². The largest absolute Gasteiger partial charge is 0.430 e. The van der Waals surface area contributed by atoms with Gasteiger partial charge < -0.3 is 19.5 Å². The van der Waals surface area contributed by atoms with Crippen molar-refractivity contribution in [3.05, 3.63) is 52.7 Å². The zero-order valence-corrected chi connectivity index (χ0v) is 24.3. The topological polar surface area (TPSA) is 99.6 Å². The van der Waals surface area contributed by atoms with Gasteiger partial charge in [0.05, 0.1) is 10.7 Å². The fourth-order valence-corrected chi connectivity index (χ4v) is 5.75. The van der Waals surface area contributed by atoms with E-state index in [9.17, 15) is 9.59 Å². The minimum absolute atomic E-state index is 0.0883. The van der Waals surface area contributed by atoms with Gasteiger partial charge in [0.25, 0.3) is 5.91 Å². The van der Waals surface area contributed by atoms with Crippen molar-refractivity contribution in [2.75, 3.05) is 49.5 Å². The average molecular weight is 569 g/mol. The number of aryl methyl sites for hydroxylation is 1. The number of benzene rings is 1. The van der Waals surface area contributed by atoms with Crippen molar-refractivity contribution < 1.29 is 19.3 Å². The Hall–Kier alpha value is -3.37. The lowest BCUT2D eigenvalue weighted by atomic mass is 9.84. The molecule has 2 saturated heterocycles. The van der Waals surface area contributed by atoms with Crippen LogP contribution in [0.1, 0.15) is 51.2 Å². The van der Waals surface area contributed by atoms with Gasteiger partial charge in [0.1, 0.15) is 17.1 Å². The van der Waals surface area contributed by atoms with Crippen LogP contribution in [0.15, 0.2) is 41.7 Å². The summed E-state index contributed by atoms with van der Waals surface area (Å²) in [7, 11) is 0. The Labute approximate surface area is 240 Å². The van der Waals surface area contributed by atoms with Crippen molar-refractivity contribution >= 4 is 40.8 Å². The molecular formula is C29H37ClN6O4. The van der Waals surface area contributed by atoms with E-state index >= 15 is 0 Å². The van der Waals surface area contributed by atoms with Gasteiger partial charge in [-0.25, -0.2) is 9.78 Å². The molecule has 214 valence electrons. The summed E-state index contributed by atoms with van der Waals surface area (Å²) in [5.41, 5.74) is 2.61. The lowest BCUT2D eigenvalue weighted by molar-refractivity contribution is -0.154. The predicted octanol–water partition coefficient (Wildman–Crippen LogP) is 4.76. The quantitative estimate of drug-likeness (QED) is 0.567.